The molecule has 148 valence electrons. The third kappa shape index (κ3) is 4.90. The van der Waals surface area contributed by atoms with Gasteiger partial charge in [-0.05, 0) is 31.3 Å². The minimum absolute atomic E-state index is 0.119. The lowest BCUT2D eigenvalue weighted by molar-refractivity contribution is 0.0884. The molecule has 0 bridgehead atoms. The van der Waals surface area contributed by atoms with E-state index in [-0.39, 0.29) is 5.91 Å². The second kappa shape index (κ2) is 9.91. The highest BCUT2D eigenvalue weighted by molar-refractivity contribution is 5.94. The van der Waals surface area contributed by atoms with E-state index >= 15 is 0 Å². The Bertz CT molecular complexity index is 889. The van der Waals surface area contributed by atoms with Gasteiger partial charge in [0.25, 0.3) is 11.7 Å². The van der Waals surface area contributed by atoms with Gasteiger partial charge in [-0.25, -0.2) is 4.98 Å². The third-order valence-electron chi connectivity index (χ3n) is 4.57. The monoisotopic (exact) mass is 382 g/mol. The summed E-state index contributed by atoms with van der Waals surface area (Å²) in [6.07, 6.45) is 3.53. The minimum atomic E-state index is -0.119. The van der Waals surface area contributed by atoms with Crippen molar-refractivity contribution in [2.24, 2.45) is 0 Å². The van der Waals surface area contributed by atoms with Gasteiger partial charge in [-0.1, -0.05) is 26.0 Å². The average Bonchev–Trinajstić information content (AvgIpc) is 3.17. The van der Waals surface area contributed by atoms with Gasteiger partial charge in [0.1, 0.15) is 0 Å². The molecule has 3 aromatic rings. The van der Waals surface area contributed by atoms with Crippen LogP contribution in [0.5, 0.6) is 0 Å². The molecule has 0 saturated carbocycles. The van der Waals surface area contributed by atoms with Crippen LogP contribution in [0.2, 0.25) is 0 Å². The zero-order chi connectivity index (χ0) is 19.8. The fraction of sp³-hybridized carbons (Fsp3) is 0.400. The van der Waals surface area contributed by atoms with Crippen LogP contribution in [0.1, 0.15) is 24.2 Å². The molecule has 0 radical (unpaired) electrons. The van der Waals surface area contributed by atoms with Crippen LogP contribution in [0.15, 0.2) is 42.7 Å². The van der Waals surface area contributed by atoms with Crippen LogP contribution in [0.3, 0.4) is 0 Å². The van der Waals surface area contributed by atoms with Crippen molar-refractivity contribution in [1.82, 2.24) is 29.8 Å². The molecule has 1 aromatic carbocycles. The molecule has 8 nitrogen and oxygen atoms in total. The van der Waals surface area contributed by atoms with Crippen LogP contribution in [0, 0.1) is 0 Å². The van der Waals surface area contributed by atoms with E-state index in [4.69, 9.17) is 4.74 Å². The highest BCUT2D eigenvalue weighted by atomic mass is 16.5. The summed E-state index contributed by atoms with van der Waals surface area (Å²) in [4.78, 5) is 18.7. The summed E-state index contributed by atoms with van der Waals surface area (Å²) in [5.41, 5.74) is 1.47. The number of nitrogens with one attached hydrogen (secondary N) is 1. The Morgan fingerprint density at radius 2 is 1.93 bits per heavy atom. The topological polar surface area (TPSA) is 84.6 Å². The second-order valence-corrected chi connectivity index (χ2v) is 6.29. The van der Waals surface area contributed by atoms with E-state index in [1.807, 2.05) is 28.8 Å². The van der Waals surface area contributed by atoms with Gasteiger partial charge in [-0.15, -0.1) is 10.2 Å². The smallest absolute Gasteiger partial charge is 0.255 e. The first-order valence-electron chi connectivity index (χ1n) is 9.57. The highest BCUT2D eigenvalue weighted by Gasteiger charge is 2.10. The molecule has 0 saturated heterocycles. The van der Waals surface area contributed by atoms with E-state index in [0.717, 1.165) is 25.2 Å². The third-order valence-corrected chi connectivity index (χ3v) is 4.57. The van der Waals surface area contributed by atoms with Crippen LogP contribution in [0.25, 0.3) is 17.2 Å². The van der Waals surface area contributed by atoms with Crippen LogP contribution in [-0.2, 0) is 4.74 Å². The molecule has 1 amide bonds. The number of nitrogens with zero attached hydrogens (tertiary/aromatic N) is 5. The fourth-order valence-corrected chi connectivity index (χ4v) is 2.88. The number of aromatic nitrogens is 4. The summed E-state index contributed by atoms with van der Waals surface area (Å²) in [6.45, 7) is 8.89. The summed E-state index contributed by atoms with van der Waals surface area (Å²) in [7, 11) is 0. The molecule has 0 aliphatic carbocycles. The van der Waals surface area contributed by atoms with Crippen molar-refractivity contribution >= 4 is 11.7 Å². The van der Waals surface area contributed by atoms with Crippen molar-refractivity contribution < 1.29 is 9.53 Å². The quantitative estimate of drug-likeness (QED) is 0.539. The summed E-state index contributed by atoms with van der Waals surface area (Å²) < 4.78 is 7.39. The molecule has 8 heteroatoms. The Balaban J connectivity index is 1.48. The number of fused-ring (bicyclic) bond motifs is 1. The normalized spacial score (nSPS) is 11.2. The zero-order valence-electron chi connectivity index (χ0n) is 16.3. The van der Waals surface area contributed by atoms with E-state index < -0.39 is 0 Å². The van der Waals surface area contributed by atoms with E-state index in [0.29, 0.717) is 36.9 Å². The summed E-state index contributed by atoms with van der Waals surface area (Å²) >= 11 is 0. The molecule has 28 heavy (non-hydrogen) atoms. The van der Waals surface area contributed by atoms with E-state index in [1.54, 1.807) is 18.3 Å². The van der Waals surface area contributed by atoms with Gasteiger partial charge in [0.15, 0.2) is 5.82 Å². The maximum atomic E-state index is 12.3. The van der Waals surface area contributed by atoms with Gasteiger partial charge in [-0.2, -0.15) is 0 Å². The number of rotatable bonds is 10. The molecular formula is C20H26N6O2. The van der Waals surface area contributed by atoms with Crippen LogP contribution in [-0.4, -0.2) is 69.8 Å². The number of hydrogen-bond acceptors (Lipinski definition) is 6. The Hall–Kier alpha value is -2.84. The van der Waals surface area contributed by atoms with E-state index in [2.05, 4.69) is 39.2 Å². The van der Waals surface area contributed by atoms with Crippen LogP contribution < -0.4 is 5.32 Å². The summed E-state index contributed by atoms with van der Waals surface area (Å²) in [6, 6.07) is 9.11. The lowest BCUT2D eigenvalue weighted by Crippen LogP contribution is -2.30. The number of likely N-dealkylation sites (N-methyl/N-ethyl adjacent to an activating group) is 1. The largest absolute Gasteiger partial charge is 0.378 e. The standard InChI is InChI=1S/C20H26N6O2/c1-3-25(4-2)13-15-28-14-11-21-19(27)17-8-6-16(7-9-17)18-23-24-20-22-10-5-12-26(18)20/h5-10,12H,3-4,11,13-15H2,1-2H3,(H,21,27). The number of hydrogen-bond donors (Lipinski definition) is 1. The van der Waals surface area contributed by atoms with Crippen molar-refractivity contribution in [2.75, 3.05) is 39.4 Å². The van der Waals surface area contributed by atoms with Crippen molar-refractivity contribution in [3.8, 4) is 11.4 Å². The van der Waals surface area contributed by atoms with Gasteiger partial charge < -0.3 is 15.0 Å². The number of ether oxygens (including phenoxy) is 1. The number of benzene rings is 1. The number of carbonyl (C=O) groups is 1. The zero-order valence-corrected chi connectivity index (χ0v) is 16.3. The molecule has 0 aliphatic heterocycles. The van der Waals surface area contributed by atoms with Crippen LogP contribution in [0.4, 0.5) is 0 Å². The van der Waals surface area contributed by atoms with Crippen molar-refractivity contribution in [3.05, 3.63) is 48.3 Å². The van der Waals surface area contributed by atoms with Crippen LogP contribution >= 0.6 is 0 Å². The minimum Gasteiger partial charge on any atom is -0.378 e. The van der Waals surface area contributed by atoms with Gasteiger partial charge in [0, 0.05) is 36.6 Å². The lowest BCUT2D eigenvalue weighted by Gasteiger charge is -2.17. The Morgan fingerprint density at radius 3 is 2.68 bits per heavy atom. The van der Waals surface area contributed by atoms with Gasteiger partial charge in [-0.3, -0.25) is 9.20 Å². The molecule has 0 spiro atoms. The molecule has 2 heterocycles. The first-order valence-corrected chi connectivity index (χ1v) is 9.57. The Kier molecular flexibility index (Phi) is 7.05. The summed E-state index contributed by atoms with van der Waals surface area (Å²) in [5.74, 6) is 1.11. The van der Waals surface area contributed by atoms with Gasteiger partial charge in [0.05, 0.1) is 13.2 Å². The number of carbonyl (C=O) groups excluding carboxylic acids is 1. The maximum Gasteiger partial charge on any atom is 0.255 e. The van der Waals surface area contributed by atoms with E-state index in [9.17, 15) is 4.79 Å². The molecule has 0 aliphatic rings. The van der Waals surface area contributed by atoms with Gasteiger partial charge in [0.2, 0.25) is 0 Å². The molecule has 3 rings (SSSR count). The predicted octanol–water partition coefficient (Wildman–Crippen LogP) is 1.88. The lowest BCUT2D eigenvalue weighted by atomic mass is 10.1. The second-order valence-electron chi connectivity index (χ2n) is 6.29. The first kappa shape index (κ1) is 19.9. The SMILES string of the molecule is CCN(CC)CCOCCNC(=O)c1ccc(-c2nnc3ncccn23)cc1. The summed E-state index contributed by atoms with van der Waals surface area (Å²) in [5, 5.41) is 11.1. The highest BCUT2D eigenvalue weighted by Crippen LogP contribution is 2.18. The van der Waals surface area contributed by atoms with Crippen molar-refractivity contribution in [3.63, 3.8) is 0 Å². The van der Waals surface area contributed by atoms with Crippen molar-refractivity contribution in [1.29, 1.82) is 0 Å². The Labute approximate surface area is 164 Å². The molecule has 1 N–H and O–H groups in total. The molecule has 0 fully saturated rings. The molecule has 0 unspecified atom stereocenters. The maximum absolute atomic E-state index is 12.3. The predicted molar refractivity (Wildman–Crippen MR) is 107 cm³/mol. The number of amides is 1. The molecular weight excluding hydrogens is 356 g/mol. The van der Waals surface area contributed by atoms with E-state index in [1.165, 1.54) is 0 Å². The molecule has 0 atom stereocenters. The van der Waals surface area contributed by atoms with Crippen molar-refractivity contribution in [2.45, 2.75) is 13.8 Å². The molecule has 2 aromatic heterocycles. The van der Waals surface area contributed by atoms with Gasteiger partial charge >= 0.3 is 0 Å². The first-order chi connectivity index (χ1) is 13.7. The Morgan fingerprint density at radius 1 is 1.14 bits per heavy atom. The average molecular weight is 382 g/mol. The fourth-order valence-electron chi connectivity index (χ4n) is 2.88.